The molecule has 9 nitrogen and oxygen atoms in total. The molecule has 0 unspecified atom stereocenters. The molecule has 0 saturated carbocycles. The summed E-state index contributed by atoms with van der Waals surface area (Å²) in [5.74, 6) is -2.31. The summed E-state index contributed by atoms with van der Waals surface area (Å²) in [6, 6.07) is 32.2. The lowest BCUT2D eigenvalue weighted by Crippen LogP contribution is -2.66. The highest BCUT2D eigenvalue weighted by molar-refractivity contribution is 9.10. The van der Waals surface area contributed by atoms with Gasteiger partial charge in [0.1, 0.15) is 5.75 Å². The van der Waals surface area contributed by atoms with E-state index in [1.54, 1.807) is 18.3 Å². The van der Waals surface area contributed by atoms with Crippen molar-refractivity contribution in [1.29, 1.82) is 0 Å². The van der Waals surface area contributed by atoms with E-state index in [1.165, 1.54) is 4.90 Å². The maximum atomic E-state index is 14.3. The van der Waals surface area contributed by atoms with Gasteiger partial charge in [-0.1, -0.05) is 110 Å². The molecular formula is C48H53BrN2O7Si. The Balaban J connectivity index is 1.25. The van der Waals surface area contributed by atoms with Gasteiger partial charge in [-0.25, -0.2) is 0 Å². The molecule has 3 heterocycles. The summed E-state index contributed by atoms with van der Waals surface area (Å²) in [5, 5.41) is 22.0. The van der Waals surface area contributed by atoms with E-state index in [9.17, 15) is 19.5 Å². The number of halogens is 1. The van der Waals surface area contributed by atoms with Crippen LogP contribution >= 0.6 is 15.9 Å². The number of pyridine rings is 1. The normalized spacial score (nSPS) is 20.9. The Hall–Kier alpha value is -4.68. The Morgan fingerprint density at radius 3 is 2.25 bits per heavy atom. The summed E-state index contributed by atoms with van der Waals surface area (Å²) in [6.45, 7) is 7.66. The minimum Gasteiger partial charge on any atom is -0.507 e. The van der Waals surface area contributed by atoms with Crippen LogP contribution in [0.4, 0.5) is 0 Å². The van der Waals surface area contributed by atoms with Crippen LogP contribution in [0, 0.1) is 17.8 Å². The summed E-state index contributed by atoms with van der Waals surface area (Å²) in [6.07, 6.45) is 6.75. The molecule has 1 aromatic heterocycles. The number of aromatic nitrogens is 1. The Morgan fingerprint density at radius 2 is 1.61 bits per heavy atom. The van der Waals surface area contributed by atoms with Crippen LogP contribution < -0.4 is 10.4 Å². The van der Waals surface area contributed by atoms with Gasteiger partial charge in [-0.2, -0.15) is 0 Å². The average Bonchev–Trinajstić information content (AvgIpc) is 3.75. The number of ether oxygens (including phenoxy) is 1. The van der Waals surface area contributed by atoms with Crippen molar-refractivity contribution in [3.63, 3.8) is 0 Å². The molecule has 11 heteroatoms. The summed E-state index contributed by atoms with van der Waals surface area (Å²) >= 11 is 3.54. The van der Waals surface area contributed by atoms with Gasteiger partial charge < -0.3 is 19.4 Å². The zero-order valence-electron chi connectivity index (χ0n) is 34.0. The fraction of sp³-hybridized carbons (Fsp3) is 0.375. The largest absolute Gasteiger partial charge is 0.507 e. The lowest BCUT2D eigenvalue weighted by Gasteiger charge is -2.44. The molecule has 3 aliphatic rings. The first kappa shape index (κ1) is 42.4. The number of aliphatic carboxylic acids is 1. The van der Waals surface area contributed by atoms with Gasteiger partial charge in [0.2, 0.25) is 11.8 Å². The van der Waals surface area contributed by atoms with Crippen LogP contribution in [0.5, 0.6) is 5.75 Å². The fourth-order valence-electron chi connectivity index (χ4n) is 9.51. The third-order valence-electron chi connectivity index (χ3n) is 12.2. The van der Waals surface area contributed by atoms with Gasteiger partial charge >= 0.3 is 5.97 Å². The maximum Gasteiger partial charge on any atom is 0.303 e. The van der Waals surface area contributed by atoms with E-state index in [0.717, 1.165) is 37.3 Å². The quantitative estimate of drug-likeness (QED) is 0.0498. The van der Waals surface area contributed by atoms with E-state index in [2.05, 4.69) is 90.2 Å². The number of hydrogen-bond acceptors (Lipinski definition) is 7. The first-order chi connectivity index (χ1) is 28.4. The second-order valence-electron chi connectivity index (χ2n) is 16.9. The Labute approximate surface area is 356 Å². The van der Waals surface area contributed by atoms with E-state index in [0.29, 0.717) is 57.3 Å². The molecule has 308 valence electrons. The van der Waals surface area contributed by atoms with E-state index in [-0.39, 0.29) is 47.6 Å². The molecule has 2 aliphatic heterocycles. The lowest BCUT2D eigenvalue weighted by molar-refractivity contribution is -0.141. The minimum atomic E-state index is -2.97. The highest BCUT2D eigenvalue weighted by Crippen LogP contribution is 2.51. The summed E-state index contributed by atoms with van der Waals surface area (Å²) < 4.78 is 15.1. The molecule has 4 aromatic rings. The molecule has 0 bridgehead atoms. The van der Waals surface area contributed by atoms with E-state index < -0.39 is 26.1 Å². The van der Waals surface area contributed by atoms with Crippen molar-refractivity contribution in [2.45, 2.75) is 76.9 Å². The van der Waals surface area contributed by atoms with E-state index in [1.807, 2.05) is 42.5 Å². The number of phenolic OH excluding ortho intramolecular Hbond substituents is 1. The summed E-state index contributed by atoms with van der Waals surface area (Å²) in [7, 11) is -2.97. The van der Waals surface area contributed by atoms with Crippen molar-refractivity contribution in [2.75, 3.05) is 19.8 Å². The van der Waals surface area contributed by atoms with Crippen LogP contribution in [0.3, 0.4) is 0 Å². The smallest absolute Gasteiger partial charge is 0.303 e. The molecule has 2 amide bonds. The van der Waals surface area contributed by atoms with Gasteiger partial charge in [0.25, 0.3) is 8.32 Å². The predicted molar refractivity (Wildman–Crippen MR) is 235 cm³/mol. The van der Waals surface area contributed by atoms with Gasteiger partial charge in [-0.15, -0.1) is 0 Å². The molecule has 3 aromatic carbocycles. The van der Waals surface area contributed by atoms with Crippen LogP contribution in [-0.4, -0.2) is 72.1 Å². The number of carbonyl (C=O) groups is 3. The molecule has 0 spiro atoms. The van der Waals surface area contributed by atoms with Gasteiger partial charge in [0, 0.05) is 35.1 Å². The Kier molecular flexibility index (Phi) is 13.2. The number of benzene rings is 3. The predicted octanol–water partition coefficient (Wildman–Crippen LogP) is 8.41. The molecule has 7 rings (SSSR count). The van der Waals surface area contributed by atoms with Crippen molar-refractivity contribution in [3.8, 4) is 5.75 Å². The van der Waals surface area contributed by atoms with Crippen LogP contribution in [0.15, 0.2) is 119 Å². The fourth-order valence-corrected chi connectivity index (χ4v) is 14.4. The monoisotopic (exact) mass is 876 g/mol. The molecule has 2 N–H and O–H groups in total. The van der Waals surface area contributed by atoms with Crippen LogP contribution in [0.2, 0.25) is 5.04 Å². The van der Waals surface area contributed by atoms with E-state index in [4.69, 9.17) is 14.3 Å². The van der Waals surface area contributed by atoms with E-state index >= 15 is 0 Å². The molecule has 1 aliphatic carbocycles. The second kappa shape index (κ2) is 18.3. The Bertz CT molecular complexity index is 2170. The van der Waals surface area contributed by atoms with Crippen molar-refractivity contribution in [1.82, 2.24) is 9.88 Å². The first-order valence-corrected chi connectivity index (χ1v) is 23.3. The molecule has 59 heavy (non-hydrogen) atoms. The number of carboxylic acids is 1. The number of rotatable bonds is 16. The average molecular weight is 878 g/mol. The highest BCUT2D eigenvalue weighted by Gasteiger charge is 2.57. The zero-order chi connectivity index (χ0) is 41.7. The number of fused-ring (bicyclic) bond motifs is 3. The number of carbonyl (C=O) groups excluding carboxylic acids is 2. The number of unbranched alkanes of at least 4 members (excludes halogenated alkanes) is 2. The number of likely N-dealkylation sites (tertiary alicyclic amines) is 1. The van der Waals surface area contributed by atoms with Gasteiger partial charge in [-0.3, -0.25) is 24.3 Å². The Morgan fingerprint density at radius 1 is 0.915 bits per heavy atom. The van der Waals surface area contributed by atoms with Gasteiger partial charge in [0.15, 0.2) is 0 Å². The number of allylic oxidation sites excluding steroid dienone is 1. The zero-order valence-corrected chi connectivity index (χ0v) is 36.6. The van der Waals surface area contributed by atoms with Crippen molar-refractivity contribution < 1.29 is 33.8 Å². The minimum absolute atomic E-state index is 0.0667. The SMILES string of the molecule is CC(C)(C)[Si](OCC1=C2[C@@H](CC/C(=C/c3cc(Br)ccc3O)c3ccccn3)OC[C@@H]2[C@@H]2C(=O)N(CCCCCC(=O)O)C(=O)[C@@H]2C1)(c1ccccc1)c1ccccc1. The molecule has 2 saturated heterocycles. The number of hydrogen-bond donors (Lipinski definition) is 2. The topological polar surface area (TPSA) is 126 Å². The number of carboxylic acid groups (broad SMARTS) is 1. The number of nitrogens with zero attached hydrogens (tertiary/aromatic N) is 2. The van der Waals surface area contributed by atoms with Crippen molar-refractivity contribution >= 4 is 64.1 Å². The lowest BCUT2D eigenvalue weighted by atomic mass is 9.69. The second-order valence-corrected chi connectivity index (χ2v) is 22.2. The first-order valence-electron chi connectivity index (χ1n) is 20.6. The van der Waals surface area contributed by atoms with Crippen molar-refractivity contribution in [2.24, 2.45) is 17.8 Å². The standard InChI is InChI=1S/C48H53BrN2O7Si/c1-48(2,3)59(36-15-7-4-8-16-36,37-17-9-5-10-18-37)58-30-34-29-38-45(47(56)51(46(38)55)26-14-6-11-20-43(53)54)39-31-57-42(44(34)39)24-21-32(40-19-12-13-25-50-40)27-33-28-35(49)22-23-41(33)52/h4-5,7-10,12-13,15-19,22-23,25,27-28,38-39,42,45,52H,6,11,14,20-21,24,26,29-31H2,1-3H3,(H,53,54)/b32-27-/t38-,39+,42-,45-/m1/s1. The third-order valence-corrected chi connectivity index (χ3v) is 17.7. The summed E-state index contributed by atoms with van der Waals surface area (Å²) in [5.41, 5.74) is 4.50. The van der Waals surface area contributed by atoms with Gasteiger partial charge in [-0.05, 0) is 101 Å². The van der Waals surface area contributed by atoms with Crippen LogP contribution in [0.1, 0.15) is 77.0 Å². The number of imide groups is 1. The number of aromatic hydroxyl groups is 1. The van der Waals surface area contributed by atoms with Crippen molar-refractivity contribution in [3.05, 3.63) is 130 Å². The van der Waals surface area contributed by atoms with Crippen LogP contribution in [-0.2, 0) is 23.5 Å². The number of amides is 2. The molecule has 4 atom stereocenters. The molecule has 2 fully saturated rings. The van der Waals surface area contributed by atoms with Crippen LogP contribution in [0.25, 0.3) is 11.6 Å². The molecule has 0 radical (unpaired) electrons. The highest BCUT2D eigenvalue weighted by atomic mass is 79.9. The number of phenols is 1. The molecular weight excluding hydrogens is 825 g/mol. The van der Waals surface area contributed by atoms with Gasteiger partial charge in [0.05, 0.1) is 36.8 Å². The maximum absolute atomic E-state index is 14.3. The third kappa shape index (κ3) is 8.94. The summed E-state index contributed by atoms with van der Waals surface area (Å²) in [4.78, 5) is 45.7.